The molecule has 0 aliphatic carbocycles. The lowest BCUT2D eigenvalue weighted by Gasteiger charge is -1.95. The first-order chi connectivity index (χ1) is 6.79. The van der Waals surface area contributed by atoms with Gasteiger partial charge in [-0.1, -0.05) is 35.0 Å². The van der Waals surface area contributed by atoms with Crippen molar-refractivity contribution in [2.45, 2.75) is 13.3 Å². The van der Waals surface area contributed by atoms with E-state index in [4.69, 9.17) is 4.42 Å². The van der Waals surface area contributed by atoms with Gasteiger partial charge >= 0.3 is 0 Å². The highest BCUT2D eigenvalue weighted by atomic mass is 79.9. The highest BCUT2D eigenvalue weighted by Crippen LogP contribution is 2.22. The average Bonchev–Trinajstić information content (AvgIpc) is 2.66. The zero-order valence-corrected chi connectivity index (χ0v) is 9.41. The second kappa shape index (κ2) is 3.96. The Balaban J connectivity index is 2.39. The zero-order valence-electron chi connectivity index (χ0n) is 7.83. The van der Waals surface area contributed by atoms with Crippen LogP contribution in [0.4, 0.5) is 0 Å². The fourth-order valence-corrected chi connectivity index (χ4v) is 1.65. The molecule has 0 aliphatic heterocycles. The maximum Gasteiger partial charge on any atom is 0.194 e. The molecule has 0 N–H and O–H groups in total. The van der Waals surface area contributed by atoms with Crippen LogP contribution in [-0.4, -0.2) is 4.98 Å². The molecule has 2 nitrogen and oxygen atoms in total. The van der Waals surface area contributed by atoms with Crippen molar-refractivity contribution in [2.75, 3.05) is 0 Å². The molecule has 0 atom stereocenters. The molecular formula is C11H10BrNO. The molecule has 72 valence electrons. The molecule has 1 aromatic carbocycles. The van der Waals surface area contributed by atoms with Crippen LogP contribution in [-0.2, 0) is 6.42 Å². The molecule has 0 saturated carbocycles. The first-order valence-corrected chi connectivity index (χ1v) is 5.29. The Morgan fingerprint density at radius 2 is 2.29 bits per heavy atom. The van der Waals surface area contributed by atoms with Crippen LogP contribution in [0.3, 0.4) is 0 Å². The number of hydrogen-bond acceptors (Lipinski definition) is 2. The second-order valence-electron chi connectivity index (χ2n) is 2.99. The van der Waals surface area contributed by atoms with E-state index in [0.29, 0.717) is 0 Å². The molecule has 1 heterocycles. The van der Waals surface area contributed by atoms with E-state index in [-0.39, 0.29) is 0 Å². The third-order valence-corrected chi connectivity index (χ3v) is 2.47. The lowest BCUT2D eigenvalue weighted by molar-refractivity contribution is 0.502. The number of nitrogens with zero attached hydrogens (tertiary/aromatic N) is 1. The van der Waals surface area contributed by atoms with Crippen LogP contribution in [0.15, 0.2) is 39.4 Å². The van der Waals surface area contributed by atoms with Crippen LogP contribution in [0, 0.1) is 0 Å². The first-order valence-electron chi connectivity index (χ1n) is 4.50. The van der Waals surface area contributed by atoms with Crippen LogP contribution in [0.2, 0.25) is 0 Å². The van der Waals surface area contributed by atoms with E-state index in [0.717, 1.165) is 28.0 Å². The van der Waals surface area contributed by atoms with Gasteiger partial charge in [-0.15, -0.1) is 0 Å². The van der Waals surface area contributed by atoms with Gasteiger partial charge in [-0.3, -0.25) is 0 Å². The van der Waals surface area contributed by atoms with E-state index in [9.17, 15) is 0 Å². The number of benzene rings is 1. The monoisotopic (exact) mass is 251 g/mol. The largest absolute Gasteiger partial charge is 0.448 e. The van der Waals surface area contributed by atoms with Crippen molar-refractivity contribution in [2.24, 2.45) is 0 Å². The van der Waals surface area contributed by atoms with E-state index in [1.54, 1.807) is 6.26 Å². The summed E-state index contributed by atoms with van der Waals surface area (Å²) in [5.74, 6) is 0.778. The highest BCUT2D eigenvalue weighted by Gasteiger charge is 2.04. The number of hydrogen-bond donors (Lipinski definition) is 0. The Labute approximate surface area is 91.1 Å². The molecule has 0 spiro atoms. The van der Waals surface area contributed by atoms with E-state index < -0.39 is 0 Å². The molecule has 0 bridgehead atoms. The average molecular weight is 252 g/mol. The smallest absolute Gasteiger partial charge is 0.194 e. The maximum absolute atomic E-state index is 5.28. The molecule has 2 aromatic rings. The summed E-state index contributed by atoms with van der Waals surface area (Å²) in [5, 5.41) is 0. The summed E-state index contributed by atoms with van der Waals surface area (Å²) in [4.78, 5) is 4.35. The van der Waals surface area contributed by atoms with Gasteiger partial charge in [0, 0.05) is 16.5 Å². The van der Waals surface area contributed by atoms with Gasteiger partial charge in [0.2, 0.25) is 0 Å². The van der Waals surface area contributed by atoms with Crippen molar-refractivity contribution in [3.05, 3.63) is 40.9 Å². The Hall–Kier alpha value is -1.09. The van der Waals surface area contributed by atoms with Gasteiger partial charge in [0.1, 0.15) is 12.0 Å². The van der Waals surface area contributed by atoms with Gasteiger partial charge in [-0.25, -0.2) is 4.98 Å². The van der Waals surface area contributed by atoms with Gasteiger partial charge < -0.3 is 4.42 Å². The normalized spacial score (nSPS) is 10.4. The van der Waals surface area contributed by atoms with Crippen LogP contribution >= 0.6 is 15.9 Å². The Morgan fingerprint density at radius 3 is 2.93 bits per heavy atom. The van der Waals surface area contributed by atoms with Crippen molar-refractivity contribution < 1.29 is 4.42 Å². The van der Waals surface area contributed by atoms with Crippen LogP contribution in [0.25, 0.3) is 11.3 Å². The molecule has 3 heteroatoms. The summed E-state index contributed by atoms with van der Waals surface area (Å²) in [5.41, 5.74) is 1.96. The van der Waals surface area contributed by atoms with Crippen molar-refractivity contribution in [1.82, 2.24) is 4.98 Å². The molecule has 0 aliphatic rings. The van der Waals surface area contributed by atoms with Crippen LogP contribution < -0.4 is 0 Å². The lowest BCUT2D eigenvalue weighted by atomic mass is 10.2. The molecule has 0 radical (unpaired) electrons. The third kappa shape index (κ3) is 1.87. The highest BCUT2D eigenvalue weighted by molar-refractivity contribution is 9.10. The van der Waals surface area contributed by atoms with Gasteiger partial charge in [0.15, 0.2) is 5.89 Å². The van der Waals surface area contributed by atoms with E-state index in [2.05, 4.69) is 20.9 Å². The Kier molecular flexibility index (Phi) is 2.68. The summed E-state index contributed by atoms with van der Waals surface area (Å²) in [6.45, 7) is 2.02. The summed E-state index contributed by atoms with van der Waals surface area (Å²) >= 11 is 3.42. The summed E-state index contributed by atoms with van der Waals surface area (Å²) < 4.78 is 6.33. The van der Waals surface area contributed by atoms with Gasteiger partial charge in [-0.2, -0.15) is 0 Å². The molecule has 0 fully saturated rings. The Bertz CT molecular complexity index is 436. The van der Waals surface area contributed by atoms with Gasteiger partial charge in [-0.05, 0) is 12.1 Å². The minimum atomic E-state index is 0.778. The van der Waals surface area contributed by atoms with Gasteiger partial charge in [0.25, 0.3) is 0 Å². The number of aryl methyl sites for hydroxylation is 1. The molecule has 14 heavy (non-hydrogen) atoms. The maximum atomic E-state index is 5.28. The van der Waals surface area contributed by atoms with E-state index >= 15 is 0 Å². The minimum Gasteiger partial charge on any atom is -0.448 e. The topological polar surface area (TPSA) is 26.0 Å². The van der Waals surface area contributed by atoms with Crippen LogP contribution in [0.1, 0.15) is 12.8 Å². The van der Waals surface area contributed by atoms with Crippen molar-refractivity contribution >= 4 is 15.9 Å². The molecule has 2 rings (SSSR count). The predicted molar refractivity (Wildman–Crippen MR) is 59.0 cm³/mol. The van der Waals surface area contributed by atoms with Gasteiger partial charge in [0.05, 0.1) is 0 Å². The number of aromatic nitrogens is 1. The molecular weight excluding hydrogens is 242 g/mol. The summed E-state index contributed by atoms with van der Waals surface area (Å²) in [7, 11) is 0. The summed E-state index contributed by atoms with van der Waals surface area (Å²) in [6, 6.07) is 8.02. The quantitative estimate of drug-likeness (QED) is 0.815. The molecule has 0 amide bonds. The number of oxazole rings is 1. The van der Waals surface area contributed by atoms with Crippen molar-refractivity contribution in [1.29, 1.82) is 0 Å². The predicted octanol–water partition coefficient (Wildman–Crippen LogP) is 3.67. The minimum absolute atomic E-state index is 0.778. The zero-order chi connectivity index (χ0) is 9.97. The van der Waals surface area contributed by atoms with E-state index in [1.165, 1.54) is 0 Å². The second-order valence-corrected chi connectivity index (χ2v) is 3.91. The number of halogens is 1. The molecule has 0 unspecified atom stereocenters. The lowest BCUT2D eigenvalue weighted by Crippen LogP contribution is -1.80. The first kappa shape index (κ1) is 9.46. The number of rotatable bonds is 2. The fraction of sp³-hybridized carbons (Fsp3) is 0.182. The summed E-state index contributed by atoms with van der Waals surface area (Å²) in [6.07, 6.45) is 2.52. The van der Waals surface area contributed by atoms with Crippen molar-refractivity contribution in [3.63, 3.8) is 0 Å². The SMILES string of the molecule is CCc1nc(-c2cccc(Br)c2)co1. The standard InChI is InChI=1S/C11H10BrNO/c1-2-11-13-10(7-14-11)8-4-3-5-9(12)6-8/h3-7H,2H2,1H3. The van der Waals surface area contributed by atoms with E-state index in [1.807, 2.05) is 31.2 Å². The molecule has 0 saturated heterocycles. The fourth-order valence-electron chi connectivity index (χ4n) is 1.25. The van der Waals surface area contributed by atoms with Crippen LogP contribution in [0.5, 0.6) is 0 Å². The molecule has 1 aromatic heterocycles. The third-order valence-electron chi connectivity index (χ3n) is 1.97. The van der Waals surface area contributed by atoms with Crippen molar-refractivity contribution in [3.8, 4) is 11.3 Å². The Morgan fingerprint density at radius 1 is 1.43 bits per heavy atom.